The van der Waals surface area contributed by atoms with Crippen LogP contribution >= 0.6 is 0 Å². The third-order valence-corrected chi connectivity index (χ3v) is 0.882. The summed E-state index contributed by atoms with van der Waals surface area (Å²) in [6.45, 7) is 1.78. The summed E-state index contributed by atoms with van der Waals surface area (Å²) in [6.07, 6.45) is 1.38. The Hall–Kier alpha value is -1.34. The van der Waals surface area contributed by atoms with E-state index in [1.165, 1.54) is 6.08 Å². The molecule has 0 saturated carbocycles. The lowest BCUT2D eigenvalue weighted by Crippen LogP contribution is -1.52. The third kappa shape index (κ3) is 1.27. The molecular formula is C6H5NO2. The minimum absolute atomic E-state index is 0.308. The topological polar surface area (TPSA) is 42.6 Å². The van der Waals surface area contributed by atoms with Crippen molar-refractivity contribution < 1.29 is 9.21 Å². The van der Waals surface area contributed by atoms with Crippen molar-refractivity contribution in [3.8, 4) is 0 Å². The monoisotopic (exact) mass is 123 g/mol. The Morgan fingerprint density at radius 2 is 2.44 bits per heavy atom. The molecule has 1 rings (SSSR count). The lowest BCUT2D eigenvalue weighted by Gasteiger charge is -1.76. The van der Waals surface area contributed by atoms with Crippen LogP contribution in [0, 0.1) is 6.92 Å². The van der Waals surface area contributed by atoms with E-state index in [1.807, 2.05) is 0 Å². The first-order chi connectivity index (χ1) is 4.33. The molecule has 1 aromatic heterocycles. The van der Waals surface area contributed by atoms with Gasteiger partial charge in [-0.05, 0) is 13.0 Å². The summed E-state index contributed by atoms with van der Waals surface area (Å²) in [5.41, 5.74) is 0. The molecule has 0 radical (unpaired) electrons. The van der Waals surface area contributed by atoms with Crippen LogP contribution < -0.4 is 0 Å². The Kier molecular flexibility index (Phi) is 1.47. The standard InChI is InChI=1S/C6H5NO2/c1-5-2-3-6(9-5)7-4-8/h2-3H,1H3. The van der Waals surface area contributed by atoms with Gasteiger partial charge in [-0.15, -0.1) is 4.99 Å². The average molecular weight is 123 g/mol. The van der Waals surface area contributed by atoms with E-state index >= 15 is 0 Å². The van der Waals surface area contributed by atoms with Gasteiger partial charge in [-0.3, -0.25) is 0 Å². The molecule has 1 aromatic rings. The summed E-state index contributed by atoms with van der Waals surface area (Å²) in [6, 6.07) is 3.34. The molecule has 0 bridgehead atoms. The van der Waals surface area contributed by atoms with Gasteiger partial charge in [-0.1, -0.05) is 0 Å². The summed E-state index contributed by atoms with van der Waals surface area (Å²) in [5, 5.41) is 0. The fourth-order valence-electron chi connectivity index (χ4n) is 0.527. The van der Waals surface area contributed by atoms with Crippen molar-refractivity contribution in [1.29, 1.82) is 0 Å². The third-order valence-electron chi connectivity index (χ3n) is 0.882. The van der Waals surface area contributed by atoms with Gasteiger partial charge in [0, 0.05) is 6.07 Å². The maximum atomic E-state index is 9.63. The number of aliphatic imine (C=N–C) groups is 1. The van der Waals surface area contributed by atoms with Gasteiger partial charge in [-0.2, -0.15) is 0 Å². The number of rotatable bonds is 1. The van der Waals surface area contributed by atoms with Crippen molar-refractivity contribution in [3.63, 3.8) is 0 Å². The molecule has 9 heavy (non-hydrogen) atoms. The molecule has 1 heterocycles. The molecule has 0 spiro atoms. The minimum Gasteiger partial charge on any atom is -0.443 e. The Morgan fingerprint density at radius 1 is 1.67 bits per heavy atom. The first-order valence-corrected chi connectivity index (χ1v) is 2.47. The summed E-state index contributed by atoms with van der Waals surface area (Å²) < 4.78 is 4.89. The highest BCUT2D eigenvalue weighted by Gasteiger charge is 1.91. The predicted octanol–water partition coefficient (Wildman–Crippen LogP) is 1.56. The van der Waals surface area contributed by atoms with Gasteiger partial charge < -0.3 is 4.42 Å². The number of furan rings is 1. The van der Waals surface area contributed by atoms with E-state index in [9.17, 15) is 4.79 Å². The number of carbonyl (C=O) groups excluding carboxylic acids is 1. The predicted molar refractivity (Wildman–Crippen MR) is 31.2 cm³/mol. The van der Waals surface area contributed by atoms with E-state index in [4.69, 9.17) is 4.42 Å². The Bertz CT molecular complexity index is 245. The molecule has 0 N–H and O–H groups in total. The molecule has 3 heteroatoms. The second-order valence-corrected chi connectivity index (χ2v) is 1.59. The van der Waals surface area contributed by atoms with E-state index in [-0.39, 0.29) is 0 Å². The Morgan fingerprint density at radius 3 is 2.89 bits per heavy atom. The fraction of sp³-hybridized carbons (Fsp3) is 0.167. The molecule has 0 aliphatic heterocycles. The lowest BCUT2D eigenvalue weighted by atomic mass is 10.5. The van der Waals surface area contributed by atoms with Crippen LogP contribution in [0.15, 0.2) is 21.5 Å². The second-order valence-electron chi connectivity index (χ2n) is 1.59. The van der Waals surface area contributed by atoms with Crippen molar-refractivity contribution in [1.82, 2.24) is 0 Å². The molecule has 0 fully saturated rings. The zero-order valence-electron chi connectivity index (χ0n) is 4.92. The van der Waals surface area contributed by atoms with Crippen LogP contribution in [0.5, 0.6) is 0 Å². The van der Waals surface area contributed by atoms with Gasteiger partial charge in [0.1, 0.15) is 5.76 Å². The minimum atomic E-state index is 0.308. The molecule has 0 amide bonds. The highest BCUT2D eigenvalue weighted by Crippen LogP contribution is 2.13. The van der Waals surface area contributed by atoms with Crippen LogP contribution in [-0.4, -0.2) is 6.08 Å². The second kappa shape index (κ2) is 2.29. The first kappa shape index (κ1) is 5.79. The van der Waals surface area contributed by atoms with E-state index < -0.39 is 0 Å². The van der Waals surface area contributed by atoms with Crippen molar-refractivity contribution in [3.05, 3.63) is 17.9 Å². The normalized spacial score (nSPS) is 8.56. The van der Waals surface area contributed by atoms with Crippen LogP contribution in [0.2, 0.25) is 0 Å². The van der Waals surface area contributed by atoms with E-state index in [0.717, 1.165) is 5.76 Å². The highest BCUT2D eigenvalue weighted by atomic mass is 16.4. The molecule has 46 valence electrons. The fourth-order valence-corrected chi connectivity index (χ4v) is 0.527. The van der Waals surface area contributed by atoms with Gasteiger partial charge in [0.25, 0.3) is 0 Å². The molecule has 0 aromatic carbocycles. The van der Waals surface area contributed by atoms with Crippen LogP contribution in [0.3, 0.4) is 0 Å². The smallest absolute Gasteiger partial charge is 0.243 e. The SMILES string of the molecule is Cc1ccc(N=C=O)o1. The van der Waals surface area contributed by atoms with Crippen LogP contribution in [0.25, 0.3) is 0 Å². The summed E-state index contributed by atoms with van der Waals surface area (Å²) in [5.74, 6) is 1.05. The van der Waals surface area contributed by atoms with E-state index in [2.05, 4.69) is 4.99 Å². The van der Waals surface area contributed by atoms with Crippen LogP contribution in [-0.2, 0) is 4.79 Å². The molecule has 0 saturated heterocycles. The van der Waals surface area contributed by atoms with Crippen molar-refractivity contribution in [2.45, 2.75) is 6.92 Å². The molecule has 0 atom stereocenters. The zero-order valence-corrected chi connectivity index (χ0v) is 4.92. The largest absolute Gasteiger partial charge is 0.443 e. The van der Waals surface area contributed by atoms with Gasteiger partial charge in [0.15, 0.2) is 0 Å². The van der Waals surface area contributed by atoms with Crippen molar-refractivity contribution in [2.24, 2.45) is 4.99 Å². The number of hydrogen-bond acceptors (Lipinski definition) is 3. The lowest BCUT2D eigenvalue weighted by molar-refractivity contribution is 0.537. The van der Waals surface area contributed by atoms with Crippen LogP contribution in [0.4, 0.5) is 5.88 Å². The Labute approximate surface area is 52.0 Å². The molecule has 0 unspecified atom stereocenters. The van der Waals surface area contributed by atoms with Crippen molar-refractivity contribution in [2.75, 3.05) is 0 Å². The summed E-state index contributed by atoms with van der Waals surface area (Å²) in [4.78, 5) is 12.9. The quantitative estimate of drug-likeness (QED) is 0.420. The van der Waals surface area contributed by atoms with Crippen LogP contribution in [0.1, 0.15) is 5.76 Å². The van der Waals surface area contributed by atoms with Gasteiger partial charge in [-0.25, -0.2) is 4.79 Å². The zero-order chi connectivity index (χ0) is 6.69. The average Bonchev–Trinajstić information content (AvgIpc) is 2.17. The molecule has 0 aliphatic rings. The Balaban J connectivity index is 2.97. The maximum absolute atomic E-state index is 9.63. The summed E-state index contributed by atoms with van der Waals surface area (Å²) in [7, 11) is 0. The number of nitrogens with zero attached hydrogens (tertiary/aromatic N) is 1. The van der Waals surface area contributed by atoms with E-state index in [1.54, 1.807) is 19.1 Å². The molecule has 0 aliphatic carbocycles. The number of aryl methyl sites for hydroxylation is 1. The van der Waals surface area contributed by atoms with Crippen molar-refractivity contribution >= 4 is 12.0 Å². The van der Waals surface area contributed by atoms with Gasteiger partial charge in [0.2, 0.25) is 12.0 Å². The van der Waals surface area contributed by atoms with Gasteiger partial charge in [0.05, 0.1) is 0 Å². The maximum Gasteiger partial charge on any atom is 0.243 e. The van der Waals surface area contributed by atoms with E-state index in [0.29, 0.717) is 5.88 Å². The first-order valence-electron chi connectivity index (χ1n) is 2.47. The summed E-state index contributed by atoms with van der Waals surface area (Å²) >= 11 is 0. The number of hydrogen-bond donors (Lipinski definition) is 0. The molecular weight excluding hydrogens is 118 g/mol. The highest BCUT2D eigenvalue weighted by molar-refractivity contribution is 5.42. The molecule has 3 nitrogen and oxygen atoms in total. The van der Waals surface area contributed by atoms with Gasteiger partial charge >= 0.3 is 0 Å². The number of isocyanates is 1.